The Morgan fingerprint density at radius 1 is 1.54 bits per heavy atom. The molecule has 2 heterocycles. The van der Waals surface area contributed by atoms with Gasteiger partial charge in [-0.2, -0.15) is 0 Å². The van der Waals surface area contributed by atoms with Gasteiger partial charge < -0.3 is 10.2 Å². The van der Waals surface area contributed by atoms with Crippen molar-refractivity contribution in [2.75, 3.05) is 6.54 Å². The summed E-state index contributed by atoms with van der Waals surface area (Å²) in [5, 5.41) is 2.01. The third kappa shape index (κ3) is 1.79. The van der Waals surface area contributed by atoms with Gasteiger partial charge in [-0.15, -0.1) is 11.3 Å². The van der Waals surface area contributed by atoms with Crippen molar-refractivity contribution in [3.8, 4) is 10.6 Å². The molecular formula is C9H10N2OS. The number of hydrogen-bond acceptors (Lipinski definition) is 4. The molecular weight excluding hydrogens is 184 g/mol. The van der Waals surface area contributed by atoms with Gasteiger partial charge in [0, 0.05) is 13.0 Å². The topological polar surface area (TPSA) is 52.0 Å². The maximum absolute atomic E-state index is 5.49. The second-order valence-electron chi connectivity index (χ2n) is 2.63. The lowest BCUT2D eigenvalue weighted by molar-refractivity contribution is 0.509. The summed E-state index contributed by atoms with van der Waals surface area (Å²) in [6.07, 6.45) is 2.45. The van der Waals surface area contributed by atoms with Gasteiger partial charge in [0.2, 0.25) is 0 Å². The van der Waals surface area contributed by atoms with Crippen molar-refractivity contribution in [1.29, 1.82) is 0 Å². The number of rotatable bonds is 3. The van der Waals surface area contributed by atoms with Gasteiger partial charge in [-0.1, -0.05) is 6.07 Å². The van der Waals surface area contributed by atoms with Crippen molar-refractivity contribution in [2.45, 2.75) is 6.42 Å². The standard InChI is InChI=1S/C9H10N2OS/c10-4-3-9-11-6-7(12-9)8-2-1-5-13-8/h1-2,5-6H,3-4,10H2. The minimum absolute atomic E-state index is 0.574. The summed E-state index contributed by atoms with van der Waals surface area (Å²) in [6.45, 7) is 0.574. The predicted molar refractivity (Wildman–Crippen MR) is 52.6 cm³/mol. The first kappa shape index (κ1) is 8.47. The predicted octanol–water partition coefficient (Wildman–Crippen LogP) is 1.90. The lowest BCUT2D eigenvalue weighted by Gasteiger charge is -1.89. The van der Waals surface area contributed by atoms with E-state index in [0.717, 1.165) is 10.6 Å². The molecule has 13 heavy (non-hydrogen) atoms. The lowest BCUT2D eigenvalue weighted by Crippen LogP contribution is -2.02. The molecule has 2 rings (SSSR count). The summed E-state index contributed by atoms with van der Waals surface area (Å²) < 4.78 is 5.49. The van der Waals surface area contributed by atoms with Crippen LogP contribution in [0.15, 0.2) is 28.1 Å². The molecule has 68 valence electrons. The van der Waals surface area contributed by atoms with Crippen LogP contribution in [-0.4, -0.2) is 11.5 Å². The third-order valence-corrected chi connectivity index (χ3v) is 2.56. The van der Waals surface area contributed by atoms with Crippen LogP contribution in [0.2, 0.25) is 0 Å². The van der Waals surface area contributed by atoms with Crippen LogP contribution in [0.3, 0.4) is 0 Å². The van der Waals surface area contributed by atoms with Crippen molar-refractivity contribution >= 4 is 11.3 Å². The molecule has 2 aromatic heterocycles. The highest BCUT2D eigenvalue weighted by atomic mass is 32.1. The second kappa shape index (κ2) is 3.72. The average Bonchev–Trinajstić information content (AvgIpc) is 2.70. The maximum Gasteiger partial charge on any atom is 0.196 e. The molecule has 0 saturated carbocycles. The Kier molecular flexibility index (Phi) is 2.42. The van der Waals surface area contributed by atoms with Crippen LogP contribution in [0.5, 0.6) is 0 Å². The van der Waals surface area contributed by atoms with E-state index in [2.05, 4.69) is 4.98 Å². The first-order valence-corrected chi connectivity index (χ1v) is 4.97. The molecule has 3 nitrogen and oxygen atoms in total. The fourth-order valence-electron chi connectivity index (χ4n) is 1.08. The smallest absolute Gasteiger partial charge is 0.196 e. The highest BCUT2D eigenvalue weighted by Gasteiger charge is 2.05. The molecule has 0 bridgehead atoms. The molecule has 0 aromatic carbocycles. The Hall–Kier alpha value is -1.13. The van der Waals surface area contributed by atoms with Gasteiger partial charge in [0.25, 0.3) is 0 Å². The van der Waals surface area contributed by atoms with Crippen LogP contribution in [0.25, 0.3) is 10.6 Å². The molecule has 0 radical (unpaired) electrons. The van der Waals surface area contributed by atoms with Crippen molar-refractivity contribution in [2.24, 2.45) is 5.73 Å². The Labute approximate surface area is 80.2 Å². The third-order valence-electron chi connectivity index (χ3n) is 1.68. The van der Waals surface area contributed by atoms with Gasteiger partial charge in [-0.3, -0.25) is 0 Å². The van der Waals surface area contributed by atoms with E-state index >= 15 is 0 Å². The van der Waals surface area contributed by atoms with Gasteiger partial charge >= 0.3 is 0 Å². The zero-order valence-electron chi connectivity index (χ0n) is 7.06. The summed E-state index contributed by atoms with van der Waals surface area (Å²) >= 11 is 1.64. The van der Waals surface area contributed by atoms with E-state index < -0.39 is 0 Å². The van der Waals surface area contributed by atoms with Crippen molar-refractivity contribution in [1.82, 2.24) is 4.98 Å². The van der Waals surface area contributed by atoms with E-state index in [1.807, 2.05) is 17.5 Å². The summed E-state index contributed by atoms with van der Waals surface area (Å²) in [6, 6.07) is 4.00. The molecule has 0 amide bonds. The van der Waals surface area contributed by atoms with Crippen LogP contribution in [0.4, 0.5) is 0 Å². The average molecular weight is 194 g/mol. The number of hydrogen-bond donors (Lipinski definition) is 1. The fourth-order valence-corrected chi connectivity index (χ4v) is 1.75. The Balaban J connectivity index is 2.23. The highest BCUT2D eigenvalue weighted by Crippen LogP contribution is 2.24. The monoisotopic (exact) mass is 194 g/mol. The zero-order chi connectivity index (χ0) is 9.10. The second-order valence-corrected chi connectivity index (χ2v) is 3.58. The van der Waals surface area contributed by atoms with Gasteiger partial charge in [0.1, 0.15) is 0 Å². The van der Waals surface area contributed by atoms with Crippen molar-refractivity contribution in [3.05, 3.63) is 29.6 Å². The van der Waals surface area contributed by atoms with Gasteiger partial charge in [0.05, 0.1) is 11.1 Å². The first-order valence-electron chi connectivity index (χ1n) is 4.09. The van der Waals surface area contributed by atoms with Crippen LogP contribution < -0.4 is 5.73 Å². The number of oxazole rings is 1. The Morgan fingerprint density at radius 3 is 3.15 bits per heavy atom. The van der Waals surface area contributed by atoms with Crippen molar-refractivity contribution in [3.63, 3.8) is 0 Å². The maximum atomic E-state index is 5.49. The van der Waals surface area contributed by atoms with Gasteiger partial charge in [-0.25, -0.2) is 4.98 Å². The molecule has 2 N–H and O–H groups in total. The SMILES string of the molecule is NCCc1ncc(-c2cccs2)o1. The van der Waals surface area contributed by atoms with Crippen LogP contribution in [0, 0.1) is 0 Å². The summed E-state index contributed by atoms with van der Waals surface area (Å²) in [5.41, 5.74) is 5.39. The molecule has 0 aliphatic rings. The van der Waals surface area contributed by atoms with Gasteiger partial charge in [-0.05, 0) is 11.4 Å². The zero-order valence-corrected chi connectivity index (χ0v) is 7.88. The molecule has 0 aliphatic heterocycles. The Bertz CT molecular complexity index is 367. The van der Waals surface area contributed by atoms with Crippen LogP contribution in [-0.2, 0) is 6.42 Å². The number of nitrogens with two attached hydrogens (primary N) is 1. The quantitative estimate of drug-likeness (QED) is 0.812. The number of nitrogens with zero attached hydrogens (tertiary/aromatic N) is 1. The van der Waals surface area contributed by atoms with E-state index in [1.165, 1.54) is 0 Å². The highest BCUT2D eigenvalue weighted by molar-refractivity contribution is 7.13. The van der Waals surface area contributed by atoms with Crippen molar-refractivity contribution < 1.29 is 4.42 Å². The molecule has 0 saturated heterocycles. The van der Waals surface area contributed by atoms with Crippen LogP contribution in [0.1, 0.15) is 5.89 Å². The molecule has 0 aliphatic carbocycles. The van der Waals surface area contributed by atoms with E-state index in [1.54, 1.807) is 17.5 Å². The number of thiophene rings is 1. The van der Waals surface area contributed by atoms with E-state index in [9.17, 15) is 0 Å². The molecule has 4 heteroatoms. The number of aromatic nitrogens is 1. The van der Waals surface area contributed by atoms with Gasteiger partial charge in [0.15, 0.2) is 11.7 Å². The normalized spacial score (nSPS) is 10.5. The molecule has 0 spiro atoms. The minimum Gasteiger partial charge on any atom is -0.440 e. The first-order chi connectivity index (χ1) is 6.40. The molecule has 2 aromatic rings. The molecule has 0 unspecified atom stereocenters. The van der Waals surface area contributed by atoms with E-state index in [0.29, 0.717) is 18.9 Å². The minimum atomic E-state index is 0.574. The molecule has 0 fully saturated rings. The Morgan fingerprint density at radius 2 is 2.46 bits per heavy atom. The summed E-state index contributed by atoms with van der Waals surface area (Å²) in [5.74, 6) is 1.55. The summed E-state index contributed by atoms with van der Waals surface area (Å²) in [7, 11) is 0. The molecule has 0 atom stereocenters. The largest absolute Gasteiger partial charge is 0.440 e. The van der Waals surface area contributed by atoms with Crippen LogP contribution >= 0.6 is 11.3 Å². The summed E-state index contributed by atoms with van der Waals surface area (Å²) in [4.78, 5) is 5.23. The van der Waals surface area contributed by atoms with E-state index in [4.69, 9.17) is 10.2 Å². The fraction of sp³-hybridized carbons (Fsp3) is 0.222. The van der Waals surface area contributed by atoms with E-state index in [-0.39, 0.29) is 0 Å². The lowest BCUT2D eigenvalue weighted by atomic mass is 10.4.